The molecule has 0 radical (unpaired) electrons. The topological polar surface area (TPSA) is 42.7 Å². The first kappa shape index (κ1) is 13.5. The van der Waals surface area contributed by atoms with Crippen LogP contribution in [0.25, 0.3) is 5.69 Å². The molecule has 1 unspecified atom stereocenters. The summed E-state index contributed by atoms with van der Waals surface area (Å²) < 4.78 is 2.00. The lowest BCUT2D eigenvalue weighted by Gasteiger charge is -2.14. The van der Waals surface area contributed by atoms with Gasteiger partial charge in [-0.3, -0.25) is 4.98 Å². The second kappa shape index (κ2) is 6.33. The Labute approximate surface area is 124 Å². The lowest BCUT2D eigenvalue weighted by Crippen LogP contribution is -2.18. The number of pyridine rings is 1. The largest absolute Gasteiger partial charge is 0.306 e. The summed E-state index contributed by atoms with van der Waals surface area (Å²) >= 11 is 0. The molecule has 4 nitrogen and oxygen atoms in total. The monoisotopic (exact) mass is 278 g/mol. The van der Waals surface area contributed by atoms with E-state index in [2.05, 4.69) is 52.5 Å². The zero-order valence-corrected chi connectivity index (χ0v) is 12.0. The molecule has 21 heavy (non-hydrogen) atoms. The molecule has 2 aromatic heterocycles. The summed E-state index contributed by atoms with van der Waals surface area (Å²) in [6.45, 7) is 2.98. The van der Waals surface area contributed by atoms with Crippen LogP contribution in [0.2, 0.25) is 0 Å². The van der Waals surface area contributed by atoms with Crippen molar-refractivity contribution in [2.45, 2.75) is 19.5 Å². The summed E-state index contributed by atoms with van der Waals surface area (Å²) in [5.41, 5.74) is 3.58. The van der Waals surface area contributed by atoms with E-state index in [-0.39, 0.29) is 6.04 Å². The molecule has 4 heteroatoms. The van der Waals surface area contributed by atoms with Gasteiger partial charge in [0.05, 0.1) is 6.33 Å². The molecule has 0 spiro atoms. The Morgan fingerprint density at radius 3 is 2.62 bits per heavy atom. The minimum Gasteiger partial charge on any atom is -0.306 e. The highest BCUT2D eigenvalue weighted by molar-refractivity contribution is 5.34. The van der Waals surface area contributed by atoms with Crippen molar-refractivity contribution in [1.29, 1.82) is 0 Å². The minimum absolute atomic E-state index is 0.284. The lowest BCUT2D eigenvalue weighted by atomic mass is 10.1. The van der Waals surface area contributed by atoms with E-state index < -0.39 is 0 Å². The van der Waals surface area contributed by atoms with E-state index in [0.29, 0.717) is 0 Å². The van der Waals surface area contributed by atoms with Crippen LogP contribution in [-0.4, -0.2) is 14.5 Å². The van der Waals surface area contributed by atoms with Crippen LogP contribution in [0.1, 0.15) is 24.1 Å². The van der Waals surface area contributed by atoms with Crippen molar-refractivity contribution in [2.24, 2.45) is 0 Å². The van der Waals surface area contributed by atoms with Crippen LogP contribution in [0.5, 0.6) is 0 Å². The fourth-order valence-corrected chi connectivity index (χ4v) is 2.22. The van der Waals surface area contributed by atoms with Gasteiger partial charge in [-0.2, -0.15) is 0 Å². The third kappa shape index (κ3) is 3.35. The molecule has 0 fully saturated rings. The summed E-state index contributed by atoms with van der Waals surface area (Å²) in [7, 11) is 0. The third-order valence-corrected chi connectivity index (χ3v) is 3.54. The van der Waals surface area contributed by atoms with Crippen LogP contribution in [0, 0.1) is 0 Å². The van der Waals surface area contributed by atoms with Crippen LogP contribution in [0.4, 0.5) is 0 Å². The molecular weight excluding hydrogens is 260 g/mol. The Hall–Kier alpha value is -2.46. The van der Waals surface area contributed by atoms with Gasteiger partial charge in [-0.05, 0) is 36.2 Å². The minimum atomic E-state index is 0.284. The van der Waals surface area contributed by atoms with Gasteiger partial charge >= 0.3 is 0 Å². The quantitative estimate of drug-likeness (QED) is 0.779. The highest BCUT2D eigenvalue weighted by atomic mass is 15.0. The molecule has 3 aromatic rings. The summed E-state index contributed by atoms with van der Waals surface area (Å²) in [5, 5.41) is 3.51. The zero-order valence-electron chi connectivity index (χ0n) is 12.0. The number of nitrogens with zero attached hydrogens (tertiary/aromatic N) is 3. The summed E-state index contributed by atoms with van der Waals surface area (Å²) in [6.07, 6.45) is 9.23. The average molecular weight is 278 g/mol. The first-order valence-corrected chi connectivity index (χ1v) is 7.03. The second-order valence-corrected chi connectivity index (χ2v) is 5.03. The van der Waals surface area contributed by atoms with Crippen molar-refractivity contribution in [1.82, 2.24) is 19.9 Å². The van der Waals surface area contributed by atoms with Gasteiger partial charge in [0.15, 0.2) is 0 Å². The predicted molar refractivity (Wildman–Crippen MR) is 83.1 cm³/mol. The highest BCUT2D eigenvalue weighted by Crippen LogP contribution is 2.13. The molecule has 106 valence electrons. The molecule has 0 saturated heterocycles. The molecule has 1 aromatic carbocycles. The molecule has 3 rings (SSSR count). The highest BCUT2D eigenvalue weighted by Gasteiger charge is 2.04. The first-order valence-electron chi connectivity index (χ1n) is 7.03. The number of rotatable bonds is 5. The molecular formula is C17H18N4. The first-order chi connectivity index (χ1) is 10.3. The molecule has 0 aliphatic carbocycles. The molecule has 0 amide bonds. The van der Waals surface area contributed by atoms with E-state index in [1.165, 1.54) is 11.1 Å². The normalized spacial score (nSPS) is 12.2. The molecule has 2 heterocycles. The maximum Gasteiger partial charge on any atom is 0.0991 e. The Kier molecular flexibility index (Phi) is 4.07. The van der Waals surface area contributed by atoms with Crippen molar-refractivity contribution >= 4 is 0 Å². The summed E-state index contributed by atoms with van der Waals surface area (Å²) in [5.74, 6) is 0. The van der Waals surface area contributed by atoms with Crippen molar-refractivity contribution in [3.05, 3.63) is 78.6 Å². The van der Waals surface area contributed by atoms with Crippen molar-refractivity contribution in [3.63, 3.8) is 0 Å². The second-order valence-electron chi connectivity index (χ2n) is 5.03. The SMILES string of the molecule is CC(NCc1ccc(-n2ccnc2)cc1)c1cccnc1. The van der Waals surface area contributed by atoms with E-state index in [0.717, 1.165) is 12.2 Å². The number of imidazole rings is 1. The van der Waals surface area contributed by atoms with Gasteiger partial charge in [-0.1, -0.05) is 18.2 Å². The van der Waals surface area contributed by atoms with Crippen molar-refractivity contribution < 1.29 is 0 Å². The van der Waals surface area contributed by atoms with E-state index in [4.69, 9.17) is 0 Å². The molecule has 1 N–H and O–H groups in total. The van der Waals surface area contributed by atoms with Crippen LogP contribution < -0.4 is 5.32 Å². The van der Waals surface area contributed by atoms with Crippen molar-refractivity contribution in [2.75, 3.05) is 0 Å². The third-order valence-electron chi connectivity index (χ3n) is 3.54. The Balaban J connectivity index is 1.61. The van der Waals surface area contributed by atoms with Gasteiger partial charge in [0.25, 0.3) is 0 Å². The maximum atomic E-state index is 4.15. The van der Waals surface area contributed by atoms with Crippen molar-refractivity contribution in [3.8, 4) is 5.69 Å². The van der Waals surface area contributed by atoms with E-state index in [1.54, 1.807) is 18.7 Å². The van der Waals surface area contributed by atoms with Gasteiger partial charge in [-0.15, -0.1) is 0 Å². The number of nitrogens with one attached hydrogen (secondary N) is 1. The van der Waals surface area contributed by atoms with Crippen LogP contribution in [0.3, 0.4) is 0 Å². The summed E-state index contributed by atoms with van der Waals surface area (Å²) in [6, 6.07) is 12.8. The smallest absolute Gasteiger partial charge is 0.0991 e. The molecule has 0 saturated carbocycles. The summed E-state index contributed by atoms with van der Waals surface area (Å²) in [4.78, 5) is 8.21. The van der Waals surface area contributed by atoms with E-state index in [9.17, 15) is 0 Å². The van der Waals surface area contributed by atoms with Gasteiger partial charge < -0.3 is 9.88 Å². The van der Waals surface area contributed by atoms with Gasteiger partial charge in [0.2, 0.25) is 0 Å². The number of aromatic nitrogens is 3. The molecule has 0 bridgehead atoms. The fraction of sp³-hybridized carbons (Fsp3) is 0.176. The van der Waals surface area contributed by atoms with Gasteiger partial charge in [0.1, 0.15) is 0 Å². The standard InChI is InChI=1S/C17H18N4/c1-14(16-3-2-8-18-12-16)20-11-15-4-6-17(7-5-15)21-10-9-19-13-21/h2-10,12-14,20H,11H2,1H3. The van der Waals surface area contributed by atoms with E-state index >= 15 is 0 Å². The fourth-order valence-electron chi connectivity index (χ4n) is 2.22. The molecule has 0 aliphatic rings. The lowest BCUT2D eigenvalue weighted by molar-refractivity contribution is 0.573. The number of hydrogen-bond acceptors (Lipinski definition) is 3. The van der Waals surface area contributed by atoms with Gasteiger partial charge in [-0.25, -0.2) is 4.98 Å². The Bertz CT molecular complexity index is 660. The molecule has 0 aliphatic heterocycles. The number of hydrogen-bond donors (Lipinski definition) is 1. The molecule has 1 atom stereocenters. The van der Waals surface area contributed by atoms with Gasteiger partial charge in [0, 0.05) is 43.1 Å². The van der Waals surface area contributed by atoms with E-state index in [1.807, 2.05) is 23.0 Å². The van der Waals surface area contributed by atoms with Crippen LogP contribution in [0.15, 0.2) is 67.5 Å². The Morgan fingerprint density at radius 2 is 1.95 bits per heavy atom. The number of benzene rings is 1. The van der Waals surface area contributed by atoms with Crippen LogP contribution in [-0.2, 0) is 6.54 Å². The maximum absolute atomic E-state index is 4.15. The Morgan fingerprint density at radius 1 is 1.10 bits per heavy atom. The zero-order chi connectivity index (χ0) is 14.5. The predicted octanol–water partition coefficient (Wildman–Crippen LogP) is 3.12. The average Bonchev–Trinajstić information content (AvgIpc) is 3.08. The van der Waals surface area contributed by atoms with Crippen LogP contribution >= 0.6 is 0 Å².